The first-order chi connectivity index (χ1) is 15.1. The number of morpholine rings is 1. The van der Waals surface area contributed by atoms with Crippen molar-refractivity contribution in [1.29, 1.82) is 0 Å². The first kappa shape index (κ1) is 21.3. The minimum absolute atomic E-state index is 0.00556. The number of furan rings is 1. The number of thioether (sulfide) groups is 1. The van der Waals surface area contributed by atoms with E-state index in [-0.39, 0.29) is 24.0 Å². The van der Waals surface area contributed by atoms with Gasteiger partial charge in [-0.2, -0.15) is 0 Å². The maximum absolute atomic E-state index is 13.7. The highest BCUT2D eigenvalue weighted by Crippen LogP contribution is 2.22. The van der Waals surface area contributed by atoms with Gasteiger partial charge in [0.05, 0.1) is 25.2 Å². The van der Waals surface area contributed by atoms with E-state index in [2.05, 4.69) is 9.97 Å². The van der Waals surface area contributed by atoms with Gasteiger partial charge in [0.15, 0.2) is 22.5 Å². The van der Waals surface area contributed by atoms with E-state index in [4.69, 9.17) is 13.9 Å². The molecule has 1 atom stereocenters. The van der Waals surface area contributed by atoms with Gasteiger partial charge in [0.25, 0.3) is 0 Å². The van der Waals surface area contributed by atoms with Crippen LogP contribution in [-0.4, -0.2) is 58.9 Å². The van der Waals surface area contributed by atoms with Crippen molar-refractivity contribution in [3.63, 3.8) is 0 Å². The highest BCUT2D eigenvalue weighted by molar-refractivity contribution is 7.99. The van der Waals surface area contributed by atoms with Gasteiger partial charge in [-0.05, 0) is 30.3 Å². The second kappa shape index (κ2) is 9.88. The van der Waals surface area contributed by atoms with Gasteiger partial charge in [0.2, 0.25) is 5.91 Å². The normalized spacial score (nSPS) is 16.3. The monoisotopic (exact) mass is 447 g/mol. The number of hydrogen-bond donors (Lipinski definition) is 0. The third-order valence-corrected chi connectivity index (χ3v) is 5.39. The van der Waals surface area contributed by atoms with E-state index in [1.54, 1.807) is 35.6 Å². The van der Waals surface area contributed by atoms with Crippen LogP contribution in [0.2, 0.25) is 0 Å². The summed E-state index contributed by atoms with van der Waals surface area (Å²) < 4.78 is 43.2. The lowest BCUT2D eigenvalue weighted by Crippen LogP contribution is -2.48. The fourth-order valence-electron chi connectivity index (χ4n) is 3.01. The second-order valence-electron chi connectivity index (χ2n) is 6.71. The molecule has 4 rings (SSSR count). The first-order valence-corrected chi connectivity index (χ1v) is 10.5. The van der Waals surface area contributed by atoms with Crippen LogP contribution < -0.4 is 4.74 Å². The molecule has 1 aliphatic heterocycles. The molecule has 0 aliphatic carbocycles. The molecule has 1 fully saturated rings. The second-order valence-corrected chi connectivity index (χ2v) is 7.65. The van der Waals surface area contributed by atoms with Crippen LogP contribution >= 0.6 is 11.8 Å². The Morgan fingerprint density at radius 3 is 3.03 bits per heavy atom. The number of aromatic nitrogens is 2. The molecule has 0 bridgehead atoms. The largest absolute Gasteiger partial charge is 0.488 e. The van der Waals surface area contributed by atoms with Crippen LogP contribution in [0.5, 0.6) is 5.75 Å². The molecule has 0 spiro atoms. The number of hydrogen-bond acceptors (Lipinski definition) is 7. The van der Waals surface area contributed by atoms with Gasteiger partial charge in [0, 0.05) is 18.8 Å². The molecule has 10 heteroatoms. The van der Waals surface area contributed by atoms with Crippen LogP contribution in [0.1, 0.15) is 0 Å². The summed E-state index contributed by atoms with van der Waals surface area (Å²) in [7, 11) is 0. The van der Waals surface area contributed by atoms with Gasteiger partial charge in [-0.25, -0.2) is 18.7 Å². The maximum Gasteiger partial charge on any atom is 0.233 e. The molecule has 3 heterocycles. The van der Waals surface area contributed by atoms with Crippen molar-refractivity contribution in [2.75, 3.05) is 32.1 Å². The Morgan fingerprint density at radius 2 is 2.19 bits per heavy atom. The Bertz CT molecular complexity index is 1040. The van der Waals surface area contributed by atoms with Crippen molar-refractivity contribution < 1.29 is 27.5 Å². The molecule has 31 heavy (non-hydrogen) atoms. The SMILES string of the molecule is O=C(CSc1nccc(-c2ccco2)n1)N1CCOC(COc2cc(F)ccc2F)C1. The van der Waals surface area contributed by atoms with E-state index in [9.17, 15) is 13.6 Å². The summed E-state index contributed by atoms with van der Waals surface area (Å²) in [5.74, 6) is -0.737. The van der Waals surface area contributed by atoms with E-state index in [1.165, 1.54) is 11.8 Å². The maximum atomic E-state index is 13.7. The summed E-state index contributed by atoms with van der Waals surface area (Å²) in [5, 5.41) is 0.469. The molecular weight excluding hydrogens is 428 g/mol. The highest BCUT2D eigenvalue weighted by atomic mass is 32.2. The van der Waals surface area contributed by atoms with Crippen LogP contribution in [0.15, 0.2) is 58.4 Å². The number of rotatable bonds is 7. The topological polar surface area (TPSA) is 77.7 Å². The zero-order valence-corrected chi connectivity index (χ0v) is 17.2. The predicted octanol–water partition coefficient (Wildman–Crippen LogP) is 3.41. The minimum Gasteiger partial charge on any atom is -0.488 e. The van der Waals surface area contributed by atoms with Crippen LogP contribution in [0.4, 0.5) is 8.78 Å². The van der Waals surface area contributed by atoms with Crippen LogP contribution in [0, 0.1) is 11.6 Å². The number of carbonyl (C=O) groups is 1. The molecule has 2 aromatic heterocycles. The Hall–Kier alpha value is -2.98. The quantitative estimate of drug-likeness (QED) is 0.406. The van der Waals surface area contributed by atoms with Gasteiger partial charge in [-0.1, -0.05) is 11.8 Å². The smallest absolute Gasteiger partial charge is 0.233 e. The van der Waals surface area contributed by atoms with Gasteiger partial charge in [0.1, 0.15) is 24.2 Å². The molecule has 162 valence electrons. The number of nitrogens with zero attached hydrogens (tertiary/aromatic N) is 3. The zero-order valence-electron chi connectivity index (χ0n) is 16.4. The number of amides is 1. The summed E-state index contributed by atoms with van der Waals surface area (Å²) in [6.45, 7) is 1.08. The average molecular weight is 447 g/mol. The van der Waals surface area contributed by atoms with E-state index in [1.807, 2.05) is 0 Å². The average Bonchev–Trinajstić information content (AvgIpc) is 3.33. The van der Waals surface area contributed by atoms with Crippen molar-refractivity contribution in [2.24, 2.45) is 0 Å². The summed E-state index contributed by atoms with van der Waals surface area (Å²) in [5.41, 5.74) is 0.642. The van der Waals surface area contributed by atoms with E-state index < -0.39 is 17.7 Å². The zero-order chi connectivity index (χ0) is 21.6. The Balaban J connectivity index is 1.29. The van der Waals surface area contributed by atoms with Gasteiger partial charge in [-0.15, -0.1) is 0 Å². The molecule has 1 amide bonds. The van der Waals surface area contributed by atoms with Crippen LogP contribution in [0.25, 0.3) is 11.5 Å². The standard InChI is InChI=1S/C21H19F2N3O4S/c22-14-3-4-16(23)19(10-14)30-12-15-11-26(7-9-28-15)20(27)13-31-21-24-6-5-17(25-21)18-2-1-8-29-18/h1-6,8,10,15H,7,9,11-13H2. The lowest BCUT2D eigenvalue weighted by molar-refractivity contribution is -0.137. The molecule has 1 unspecified atom stereocenters. The molecule has 7 nitrogen and oxygen atoms in total. The van der Waals surface area contributed by atoms with E-state index in [0.717, 1.165) is 18.2 Å². The summed E-state index contributed by atoms with van der Waals surface area (Å²) in [6, 6.07) is 8.31. The van der Waals surface area contributed by atoms with Gasteiger partial charge < -0.3 is 18.8 Å². The summed E-state index contributed by atoms with van der Waals surface area (Å²) >= 11 is 1.23. The highest BCUT2D eigenvalue weighted by Gasteiger charge is 2.25. The number of carbonyl (C=O) groups excluding carboxylic acids is 1. The van der Waals surface area contributed by atoms with E-state index >= 15 is 0 Å². The summed E-state index contributed by atoms with van der Waals surface area (Å²) in [6.07, 6.45) is 2.74. The fraction of sp³-hybridized carbons (Fsp3) is 0.286. The Labute approximate surface area is 181 Å². The molecule has 1 saturated heterocycles. The molecule has 0 radical (unpaired) electrons. The molecule has 0 N–H and O–H groups in total. The molecule has 1 aromatic carbocycles. The minimum atomic E-state index is -0.654. The van der Waals surface area contributed by atoms with Crippen molar-refractivity contribution in [3.05, 3.63) is 60.5 Å². The van der Waals surface area contributed by atoms with Crippen molar-refractivity contribution in [3.8, 4) is 17.2 Å². The lowest BCUT2D eigenvalue weighted by Gasteiger charge is -2.32. The number of halogens is 2. The Morgan fingerprint density at radius 1 is 1.29 bits per heavy atom. The Kier molecular flexibility index (Phi) is 6.78. The van der Waals surface area contributed by atoms with Crippen LogP contribution in [0.3, 0.4) is 0 Å². The molecule has 1 aliphatic rings. The number of benzene rings is 1. The predicted molar refractivity (Wildman–Crippen MR) is 109 cm³/mol. The van der Waals surface area contributed by atoms with Gasteiger partial charge in [-0.3, -0.25) is 4.79 Å². The van der Waals surface area contributed by atoms with Crippen molar-refractivity contribution >= 4 is 17.7 Å². The molecular formula is C21H19F2N3O4S. The first-order valence-electron chi connectivity index (χ1n) is 9.55. The van der Waals surface area contributed by atoms with Crippen molar-refractivity contribution in [2.45, 2.75) is 11.3 Å². The molecule has 3 aromatic rings. The third-order valence-electron chi connectivity index (χ3n) is 4.54. The summed E-state index contributed by atoms with van der Waals surface area (Å²) in [4.78, 5) is 22.9. The van der Waals surface area contributed by atoms with Gasteiger partial charge >= 0.3 is 0 Å². The molecule has 0 saturated carbocycles. The fourth-order valence-corrected chi connectivity index (χ4v) is 3.74. The third kappa shape index (κ3) is 5.59. The number of ether oxygens (including phenoxy) is 2. The van der Waals surface area contributed by atoms with Crippen LogP contribution in [-0.2, 0) is 9.53 Å². The van der Waals surface area contributed by atoms with E-state index in [0.29, 0.717) is 36.3 Å². The lowest BCUT2D eigenvalue weighted by atomic mass is 10.2. The van der Waals surface area contributed by atoms with Crippen molar-refractivity contribution in [1.82, 2.24) is 14.9 Å².